The van der Waals surface area contributed by atoms with Gasteiger partial charge in [0.15, 0.2) is 18.2 Å². The molecule has 0 bridgehead atoms. The third-order valence-corrected chi connectivity index (χ3v) is 4.34. The number of hydrogen-bond acceptors (Lipinski definition) is 3. The van der Waals surface area contributed by atoms with Crippen LogP contribution in [0.3, 0.4) is 0 Å². The Kier molecular flexibility index (Phi) is 7.92. The lowest BCUT2D eigenvalue weighted by molar-refractivity contribution is -0.143. The number of carbonyl (C=O) groups is 2. The molecular formula is C23H28F2N2O3. The van der Waals surface area contributed by atoms with Crippen LogP contribution in [0.1, 0.15) is 39.7 Å². The van der Waals surface area contributed by atoms with E-state index in [-0.39, 0.29) is 18.2 Å². The molecule has 0 radical (unpaired) electrons. The Balaban J connectivity index is 2.24. The standard InChI is InChI=1S/C23H28F2N2O3/c1-5-19(22(29)26-23(2,3)4)27(14-16-10-12-17(24)13-11-16)21(28)15-30-20-9-7-6-8-18(20)25/h6-13,19H,5,14-15H2,1-4H3,(H,26,29). The number of ether oxygens (including phenoxy) is 1. The van der Waals surface area contributed by atoms with Crippen LogP contribution < -0.4 is 10.1 Å². The molecule has 0 aromatic heterocycles. The van der Waals surface area contributed by atoms with Crippen LogP contribution >= 0.6 is 0 Å². The number of benzene rings is 2. The maximum absolute atomic E-state index is 13.8. The van der Waals surface area contributed by atoms with E-state index in [1.807, 2.05) is 20.8 Å². The Morgan fingerprint density at radius 1 is 1.07 bits per heavy atom. The van der Waals surface area contributed by atoms with Crippen LogP contribution in [0.25, 0.3) is 0 Å². The molecule has 0 aliphatic rings. The van der Waals surface area contributed by atoms with Gasteiger partial charge in [0.25, 0.3) is 5.91 Å². The number of hydrogen-bond donors (Lipinski definition) is 1. The molecule has 162 valence electrons. The van der Waals surface area contributed by atoms with E-state index >= 15 is 0 Å². The van der Waals surface area contributed by atoms with Gasteiger partial charge in [-0.15, -0.1) is 0 Å². The number of nitrogens with zero attached hydrogens (tertiary/aromatic N) is 1. The van der Waals surface area contributed by atoms with Crippen molar-refractivity contribution in [1.29, 1.82) is 0 Å². The van der Waals surface area contributed by atoms with Gasteiger partial charge in [-0.2, -0.15) is 0 Å². The number of halogens is 2. The monoisotopic (exact) mass is 418 g/mol. The summed E-state index contributed by atoms with van der Waals surface area (Å²) in [7, 11) is 0. The van der Waals surface area contributed by atoms with Crippen molar-refractivity contribution in [2.45, 2.75) is 52.2 Å². The maximum Gasteiger partial charge on any atom is 0.261 e. The van der Waals surface area contributed by atoms with Gasteiger partial charge in [-0.3, -0.25) is 9.59 Å². The van der Waals surface area contributed by atoms with Gasteiger partial charge >= 0.3 is 0 Å². The minimum absolute atomic E-state index is 0.0419. The van der Waals surface area contributed by atoms with E-state index in [1.54, 1.807) is 25.1 Å². The number of amides is 2. The fourth-order valence-corrected chi connectivity index (χ4v) is 2.94. The van der Waals surface area contributed by atoms with Gasteiger partial charge in [0.2, 0.25) is 5.91 Å². The number of carbonyl (C=O) groups excluding carboxylic acids is 2. The third-order valence-electron chi connectivity index (χ3n) is 4.34. The fourth-order valence-electron chi connectivity index (χ4n) is 2.94. The van der Waals surface area contributed by atoms with Gasteiger partial charge in [0, 0.05) is 12.1 Å². The summed E-state index contributed by atoms with van der Waals surface area (Å²) in [5.74, 6) is -1.78. The average Bonchev–Trinajstić information content (AvgIpc) is 2.67. The van der Waals surface area contributed by atoms with Crippen LogP contribution in [0, 0.1) is 11.6 Å². The van der Waals surface area contributed by atoms with Crippen molar-refractivity contribution in [3.8, 4) is 5.75 Å². The first-order chi connectivity index (χ1) is 14.1. The minimum Gasteiger partial charge on any atom is -0.481 e. The van der Waals surface area contributed by atoms with E-state index in [4.69, 9.17) is 4.74 Å². The van der Waals surface area contributed by atoms with Crippen molar-refractivity contribution < 1.29 is 23.1 Å². The molecule has 1 atom stereocenters. The third kappa shape index (κ3) is 6.83. The van der Waals surface area contributed by atoms with Crippen molar-refractivity contribution in [1.82, 2.24) is 10.2 Å². The van der Waals surface area contributed by atoms with Crippen LogP contribution in [0.15, 0.2) is 48.5 Å². The summed E-state index contributed by atoms with van der Waals surface area (Å²) in [5.41, 5.74) is 0.191. The predicted molar refractivity (Wildman–Crippen MR) is 111 cm³/mol. The van der Waals surface area contributed by atoms with Gasteiger partial charge in [-0.1, -0.05) is 31.2 Å². The van der Waals surface area contributed by atoms with Crippen LogP contribution in [-0.2, 0) is 16.1 Å². The highest BCUT2D eigenvalue weighted by atomic mass is 19.1. The van der Waals surface area contributed by atoms with Crippen molar-refractivity contribution in [3.63, 3.8) is 0 Å². The molecule has 0 fully saturated rings. The Morgan fingerprint density at radius 3 is 2.27 bits per heavy atom. The highest BCUT2D eigenvalue weighted by Gasteiger charge is 2.31. The fraction of sp³-hybridized carbons (Fsp3) is 0.391. The van der Waals surface area contributed by atoms with Crippen molar-refractivity contribution in [3.05, 3.63) is 65.7 Å². The molecule has 2 amide bonds. The SMILES string of the molecule is CCC(C(=O)NC(C)(C)C)N(Cc1ccc(F)cc1)C(=O)COc1ccccc1F. The van der Waals surface area contributed by atoms with E-state index in [9.17, 15) is 18.4 Å². The van der Waals surface area contributed by atoms with Crippen LogP contribution in [0.2, 0.25) is 0 Å². The van der Waals surface area contributed by atoms with Gasteiger partial charge < -0.3 is 15.0 Å². The second-order valence-electron chi connectivity index (χ2n) is 8.03. The van der Waals surface area contributed by atoms with E-state index in [1.165, 1.54) is 35.2 Å². The Bertz CT molecular complexity index is 863. The first-order valence-electron chi connectivity index (χ1n) is 9.84. The molecule has 0 heterocycles. The van der Waals surface area contributed by atoms with Crippen molar-refractivity contribution in [2.75, 3.05) is 6.61 Å². The first-order valence-corrected chi connectivity index (χ1v) is 9.84. The lowest BCUT2D eigenvalue weighted by Crippen LogP contribution is -2.54. The molecule has 0 saturated carbocycles. The molecule has 5 nitrogen and oxygen atoms in total. The summed E-state index contributed by atoms with van der Waals surface area (Å²) in [6, 6.07) is 10.7. The molecule has 7 heteroatoms. The van der Waals surface area contributed by atoms with Gasteiger partial charge in [0.05, 0.1) is 0 Å². The Hall–Kier alpha value is -2.96. The smallest absolute Gasteiger partial charge is 0.261 e. The molecule has 2 aromatic carbocycles. The topological polar surface area (TPSA) is 58.6 Å². The predicted octanol–water partition coefficient (Wildman–Crippen LogP) is 4.07. The second kappa shape index (κ2) is 10.2. The summed E-state index contributed by atoms with van der Waals surface area (Å²) in [5, 5.41) is 2.89. The second-order valence-corrected chi connectivity index (χ2v) is 8.03. The minimum atomic E-state index is -0.758. The number of para-hydroxylation sites is 1. The van der Waals surface area contributed by atoms with Crippen LogP contribution in [-0.4, -0.2) is 34.9 Å². The van der Waals surface area contributed by atoms with Gasteiger partial charge in [0.1, 0.15) is 11.9 Å². The zero-order chi connectivity index (χ0) is 22.3. The molecule has 0 spiro atoms. The first kappa shape index (κ1) is 23.3. The number of nitrogens with one attached hydrogen (secondary N) is 1. The quantitative estimate of drug-likeness (QED) is 0.703. The van der Waals surface area contributed by atoms with E-state index in [2.05, 4.69) is 5.32 Å². The zero-order valence-electron chi connectivity index (χ0n) is 17.7. The van der Waals surface area contributed by atoms with Crippen molar-refractivity contribution >= 4 is 11.8 Å². The highest BCUT2D eigenvalue weighted by Crippen LogP contribution is 2.18. The molecule has 1 N–H and O–H groups in total. The molecule has 1 unspecified atom stereocenters. The summed E-state index contributed by atoms with van der Waals surface area (Å²) in [6.45, 7) is 7.02. The Labute approximate surface area is 176 Å². The summed E-state index contributed by atoms with van der Waals surface area (Å²) in [4.78, 5) is 27.2. The van der Waals surface area contributed by atoms with E-state index < -0.39 is 35.7 Å². The molecule has 30 heavy (non-hydrogen) atoms. The van der Waals surface area contributed by atoms with E-state index in [0.29, 0.717) is 12.0 Å². The maximum atomic E-state index is 13.8. The molecule has 2 aromatic rings. The molecule has 0 aliphatic carbocycles. The largest absolute Gasteiger partial charge is 0.481 e. The molecule has 0 saturated heterocycles. The number of rotatable bonds is 8. The summed E-state index contributed by atoms with van der Waals surface area (Å²) < 4.78 is 32.4. The Morgan fingerprint density at radius 2 is 1.70 bits per heavy atom. The summed E-state index contributed by atoms with van der Waals surface area (Å²) in [6.07, 6.45) is 0.370. The zero-order valence-corrected chi connectivity index (χ0v) is 17.7. The van der Waals surface area contributed by atoms with Crippen LogP contribution in [0.4, 0.5) is 8.78 Å². The van der Waals surface area contributed by atoms with Crippen LogP contribution in [0.5, 0.6) is 5.75 Å². The lowest BCUT2D eigenvalue weighted by Gasteiger charge is -2.33. The molecular weight excluding hydrogens is 390 g/mol. The molecule has 2 rings (SSSR count). The molecule has 0 aliphatic heterocycles. The van der Waals surface area contributed by atoms with Gasteiger partial charge in [-0.05, 0) is 57.0 Å². The normalized spacial score (nSPS) is 12.2. The summed E-state index contributed by atoms with van der Waals surface area (Å²) >= 11 is 0. The van der Waals surface area contributed by atoms with Gasteiger partial charge in [-0.25, -0.2) is 8.78 Å². The van der Waals surface area contributed by atoms with Crippen molar-refractivity contribution in [2.24, 2.45) is 0 Å². The highest BCUT2D eigenvalue weighted by molar-refractivity contribution is 5.88. The average molecular weight is 418 g/mol. The van der Waals surface area contributed by atoms with E-state index in [0.717, 1.165) is 0 Å². The lowest BCUT2D eigenvalue weighted by atomic mass is 10.1.